The van der Waals surface area contributed by atoms with Crippen LogP contribution in [0.15, 0.2) is 11.6 Å². The Bertz CT molecular complexity index is 334. The summed E-state index contributed by atoms with van der Waals surface area (Å²) < 4.78 is 0. The van der Waals surface area contributed by atoms with E-state index in [0.717, 1.165) is 4.90 Å². The van der Waals surface area contributed by atoms with Gasteiger partial charge in [-0.3, -0.25) is 10.1 Å². The Morgan fingerprint density at radius 2 is 2.14 bits per heavy atom. The van der Waals surface area contributed by atoms with Crippen molar-refractivity contribution in [3.05, 3.63) is 11.6 Å². The number of nitrogens with zero attached hydrogens (tertiary/aromatic N) is 1. The fourth-order valence-electron chi connectivity index (χ4n) is 1.07. The summed E-state index contributed by atoms with van der Waals surface area (Å²) in [5.74, 6) is -1.61. The van der Waals surface area contributed by atoms with Gasteiger partial charge in [0.2, 0.25) is 0 Å². The Kier molecular flexibility index (Phi) is 2.55. The van der Waals surface area contributed by atoms with Gasteiger partial charge in [-0.25, -0.2) is 9.59 Å². The van der Waals surface area contributed by atoms with Crippen LogP contribution in [-0.4, -0.2) is 41.0 Å². The van der Waals surface area contributed by atoms with Crippen LogP contribution < -0.4 is 5.32 Å². The molecule has 0 saturated carbocycles. The summed E-state index contributed by atoms with van der Waals surface area (Å²) in [6.07, 6.45) is 1.24. The van der Waals surface area contributed by atoms with Crippen molar-refractivity contribution in [1.29, 1.82) is 0 Å². The maximum atomic E-state index is 11.1. The van der Waals surface area contributed by atoms with Crippen LogP contribution >= 0.6 is 0 Å². The van der Waals surface area contributed by atoms with Gasteiger partial charge >= 0.3 is 12.0 Å². The van der Waals surface area contributed by atoms with Gasteiger partial charge in [-0.15, -0.1) is 0 Å². The van der Waals surface area contributed by atoms with Crippen LogP contribution in [0.2, 0.25) is 0 Å². The van der Waals surface area contributed by atoms with Gasteiger partial charge < -0.3 is 10.0 Å². The van der Waals surface area contributed by atoms with Gasteiger partial charge in [0.1, 0.15) is 6.04 Å². The molecule has 14 heavy (non-hydrogen) atoms. The molecule has 1 atom stereocenters. The van der Waals surface area contributed by atoms with E-state index < -0.39 is 23.9 Å². The number of hydrogen-bond donors (Lipinski definition) is 2. The van der Waals surface area contributed by atoms with Gasteiger partial charge in [0.25, 0.3) is 5.91 Å². The molecule has 0 aromatic carbocycles. The predicted octanol–water partition coefficient (Wildman–Crippen LogP) is -0.433. The summed E-state index contributed by atoms with van der Waals surface area (Å²) >= 11 is 0. The molecule has 76 valence electrons. The van der Waals surface area contributed by atoms with Crippen LogP contribution in [0.25, 0.3) is 0 Å². The number of carbonyl (C=O) groups is 3. The number of urea groups is 1. The van der Waals surface area contributed by atoms with Crippen LogP contribution in [0.3, 0.4) is 0 Å². The van der Waals surface area contributed by atoms with Crippen molar-refractivity contribution in [3.8, 4) is 0 Å². The zero-order valence-corrected chi connectivity index (χ0v) is 7.77. The summed E-state index contributed by atoms with van der Waals surface area (Å²) in [5, 5.41) is 10.6. The number of aliphatic carboxylic acids is 1. The Balaban J connectivity index is 2.89. The highest BCUT2D eigenvalue weighted by Crippen LogP contribution is 2.09. The SMILES string of the molecule is CC(=CC1C(=O)NC(=O)N1C)C(=O)O. The molecule has 0 bridgehead atoms. The average Bonchev–Trinajstić information content (AvgIpc) is 2.32. The van der Waals surface area contributed by atoms with Crippen molar-refractivity contribution in [1.82, 2.24) is 10.2 Å². The van der Waals surface area contributed by atoms with E-state index in [1.165, 1.54) is 20.0 Å². The van der Waals surface area contributed by atoms with Gasteiger partial charge in [-0.1, -0.05) is 0 Å². The molecule has 0 aromatic heterocycles. The van der Waals surface area contributed by atoms with Gasteiger partial charge in [-0.2, -0.15) is 0 Å². The lowest BCUT2D eigenvalue weighted by Crippen LogP contribution is -2.30. The van der Waals surface area contributed by atoms with Crippen molar-refractivity contribution in [2.24, 2.45) is 0 Å². The first-order valence-electron chi connectivity index (χ1n) is 3.93. The highest BCUT2D eigenvalue weighted by Gasteiger charge is 2.34. The van der Waals surface area contributed by atoms with Crippen LogP contribution in [0.1, 0.15) is 6.92 Å². The fraction of sp³-hybridized carbons (Fsp3) is 0.375. The molecule has 3 amide bonds. The molecule has 6 nitrogen and oxygen atoms in total. The molecule has 0 radical (unpaired) electrons. The third kappa shape index (κ3) is 1.73. The molecule has 0 spiro atoms. The maximum Gasteiger partial charge on any atom is 0.331 e. The van der Waals surface area contributed by atoms with E-state index in [4.69, 9.17) is 5.11 Å². The Labute approximate surface area is 80.2 Å². The Hall–Kier alpha value is -1.85. The lowest BCUT2D eigenvalue weighted by molar-refractivity contribution is -0.132. The number of rotatable bonds is 2. The van der Waals surface area contributed by atoms with Crippen molar-refractivity contribution >= 4 is 17.9 Å². The monoisotopic (exact) mass is 198 g/mol. The van der Waals surface area contributed by atoms with Crippen LogP contribution in [0.4, 0.5) is 4.79 Å². The minimum atomic E-state index is -1.11. The number of hydrogen-bond acceptors (Lipinski definition) is 3. The molecule has 6 heteroatoms. The Morgan fingerprint density at radius 1 is 1.57 bits per heavy atom. The number of carboxylic acid groups (broad SMARTS) is 1. The molecule has 1 unspecified atom stereocenters. The number of nitrogens with one attached hydrogen (secondary N) is 1. The first-order valence-corrected chi connectivity index (χ1v) is 3.93. The largest absolute Gasteiger partial charge is 0.478 e. The van der Waals surface area contributed by atoms with Crippen molar-refractivity contribution in [2.75, 3.05) is 7.05 Å². The van der Waals surface area contributed by atoms with E-state index in [9.17, 15) is 14.4 Å². The molecule has 1 rings (SSSR count). The first-order chi connectivity index (χ1) is 6.43. The van der Waals surface area contributed by atoms with E-state index in [1.807, 2.05) is 0 Å². The smallest absolute Gasteiger partial charge is 0.331 e. The number of carbonyl (C=O) groups excluding carboxylic acids is 2. The second kappa shape index (κ2) is 3.49. The maximum absolute atomic E-state index is 11.1. The zero-order valence-electron chi connectivity index (χ0n) is 7.77. The third-order valence-corrected chi connectivity index (χ3v) is 1.98. The first kappa shape index (κ1) is 10.2. The number of likely N-dealkylation sites (N-methyl/N-ethyl adjacent to an activating group) is 1. The summed E-state index contributed by atoms with van der Waals surface area (Å²) in [6, 6.07) is -1.34. The second-order valence-electron chi connectivity index (χ2n) is 3.00. The minimum absolute atomic E-state index is 0.0340. The van der Waals surface area contributed by atoms with E-state index in [0.29, 0.717) is 0 Å². The van der Waals surface area contributed by atoms with Crippen LogP contribution in [0, 0.1) is 0 Å². The lowest BCUT2D eigenvalue weighted by atomic mass is 10.2. The molecule has 2 N–H and O–H groups in total. The summed E-state index contributed by atoms with van der Waals surface area (Å²) in [4.78, 5) is 33.7. The molecule has 1 heterocycles. The summed E-state index contributed by atoms with van der Waals surface area (Å²) in [6.45, 7) is 1.37. The minimum Gasteiger partial charge on any atom is -0.478 e. The van der Waals surface area contributed by atoms with Crippen molar-refractivity contribution in [3.63, 3.8) is 0 Å². The molecule has 1 saturated heterocycles. The Morgan fingerprint density at radius 3 is 2.50 bits per heavy atom. The number of amides is 3. The topological polar surface area (TPSA) is 86.7 Å². The van der Waals surface area contributed by atoms with Crippen LogP contribution in [-0.2, 0) is 9.59 Å². The predicted molar refractivity (Wildman–Crippen MR) is 46.5 cm³/mol. The van der Waals surface area contributed by atoms with E-state index in [-0.39, 0.29) is 5.57 Å². The molecule has 0 aromatic rings. The van der Waals surface area contributed by atoms with Crippen LogP contribution in [0.5, 0.6) is 0 Å². The van der Waals surface area contributed by atoms with E-state index in [1.54, 1.807) is 0 Å². The van der Waals surface area contributed by atoms with Gasteiger partial charge in [0.05, 0.1) is 0 Å². The van der Waals surface area contributed by atoms with E-state index >= 15 is 0 Å². The van der Waals surface area contributed by atoms with Gasteiger partial charge in [0.15, 0.2) is 0 Å². The standard InChI is InChI=1S/C8H10N2O4/c1-4(7(12)13)3-5-6(11)9-8(14)10(5)2/h3,5H,1-2H3,(H,12,13)(H,9,11,14). The van der Waals surface area contributed by atoms with Crippen molar-refractivity contribution in [2.45, 2.75) is 13.0 Å². The fourth-order valence-corrected chi connectivity index (χ4v) is 1.07. The molecular formula is C8H10N2O4. The van der Waals surface area contributed by atoms with Gasteiger partial charge in [0, 0.05) is 12.6 Å². The molecule has 1 aliphatic heterocycles. The highest BCUT2D eigenvalue weighted by molar-refractivity contribution is 6.05. The highest BCUT2D eigenvalue weighted by atomic mass is 16.4. The average molecular weight is 198 g/mol. The summed E-state index contributed by atoms with van der Waals surface area (Å²) in [5.41, 5.74) is 0.0340. The number of imide groups is 1. The molecule has 0 aliphatic carbocycles. The molecular weight excluding hydrogens is 188 g/mol. The van der Waals surface area contributed by atoms with Gasteiger partial charge in [-0.05, 0) is 13.0 Å². The lowest BCUT2D eigenvalue weighted by Gasteiger charge is -2.12. The molecule has 1 fully saturated rings. The second-order valence-corrected chi connectivity index (χ2v) is 3.00. The quantitative estimate of drug-likeness (QED) is 0.465. The number of carboxylic acids is 1. The third-order valence-electron chi connectivity index (χ3n) is 1.98. The molecule has 1 aliphatic rings. The van der Waals surface area contributed by atoms with E-state index in [2.05, 4.69) is 5.32 Å². The zero-order chi connectivity index (χ0) is 10.9. The van der Waals surface area contributed by atoms with Crippen molar-refractivity contribution < 1.29 is 19.5 Å². The normalized spacial score (nSPS) is 22.6. The summed E-state index contributed by atoms with van der Waals surface area (Å²) in [7, 11) is 1.43.